The zero-order chi connectivity index (χ0) is 11.6. The molecule has 0 saturated carbocycles. The highest BCUT2D eigenvalue weighted by molar-refractivity contribution is 7.85. The van der Waals surface area contributed by atoms with Gasteiger partial charge in [-0.3, -0.25) is 4.55 Å². The number of hydrogen-bond acceptors (Lipinski definition) is 2. The second-order valence-corrected chi connectivity index (χ2v) is 4.71. The number of benzene rings is 1. The van der Waals surface area contributed by atoms with Crippen LogP contribution in [0, 0.1) is 6.42 Å². The standard InChI is InChI=1S/C12H9O3S/c13-16(14,15)12-8-6-11(7-9-12)10-4-2-1-3-5-10/h2-9H,(H,13,14,15). The third kappa shape index (κ3) is 2.31. The molecule has 0 bridgehead atoms. The molecule has 1 aromatic rings. The summed E-state index contributed by atoms with van der Waals surface area (Å²) in [5.74, 6) is 0. The average Bonchev–Trinajstić information content (AvgIpc) is 2.29. The van der Waals surface area contributed by atoms with Crippen molar-refractivity contribution in [2.45, 2.75) is 4.90 Å². The van der Waals surface area contributed by atoms with Crippen molar-refractivity contribution in [2.24, 2.45) is 0 Å². The Kier molecular flexibility index (Phi) is 2.79. The van der Waals surface area contributed by atoms with E-state index in [0.29, 0.717) is 0 Å². The summed E-state index contributed by atoms with van der Waals surface area (Å²) in [7, 11) is -4.11. The first-order valence-corrected chi connectivity index (χ1v) is 6.05. The van der Waals surface area contributed by atoms with E-state index in [-0.39, 0.29) is 4.90 Å². The molecule has 0 aliphatic heterocycles. The van der Waals surface area contributed by atoms with Gasteiger partial charge in [0.15, 0.2) is 0 Å². The summed E-state index contributed by atoms with van der Waals surface area (Å²) in [4.78, 5) is -0.0984. The van der Waals surface area contributed by atoms with E-state index in [0.717, 1.165) is 11.1 Å². The lowest BCUT2D eigenvalue weighted by Crippen LogP contribution is -1.97. The molecule has 0 saturated heterocycles. The first kappa shape index (κ1) is 10.9. The summed E-state index contributed by atoms with van der Waals surface area (Å²) < 4.78 is 30.5. The number of rotatable bonds is 2. The summed E-state index contributed by atoms with van der Waals surface area (Å²) in [6, 6.07) is 6.06. The Balaban J connectivity index is 2.34. The van der Waals surface area contributed by atoms with E-state index in [9.17, 15) is 8.42 Å². The van der Waals surface area contributed by atoms with E-state index in [1.54, 1.807) is 24.3 Å². The maximum Gasteiger partial charge on any atom is 0.294 e. The molecule has 4 heteroatoms. The Bertz CT molecular complexity index is 586. The normalized spacial score (nSPS) is 14.9. The number of hydrogen-bond donors (Lipinski definition) is 1. The highest BCUT2D eigenvalue weighted by Crippen LogP contribution is 2.21. The van der Waals surface area contributed by atoms with Crippen LogP contribution in [0.2, 0.25) is 0 Å². The monoisotopic (exact) mass is 233 g/mol. The minimum atomic E-state index is -4.11. The van der Waals surface area contributed by atoms with Crippen molar-refractivity contribution in [2.75, 3.05) is 0 Å². The molecule has 0 spiro atoms. The molecule has 81 valence electrons. The average molecular weight is 233 g/mol. The lowest BCUT2D eigenvalue weighted by Gasteiger charge is -2.06. The van der Waals surface area contributed by atoms with Crippen molar-refractivity contribution >= 4 is 15.7 Å². The van der Waals surface area contributed by atoms with E-state index in [1.807, 2.05) is 12.5 Å². The van der Waals surface area contributed by atoms with E-state index in [2.05, 4.69) is 5.73 Å². The van der Waals surface area contributed by atoms with Crippen LogP contribution in [0.1, 0.15) is 5.56 Å². The van der Waals surface area contributed by atoms with Gasteiger partial charge < -0.3 is 0 Å². The van der Waals surface area contributed by atoms with Crippen LogP contribution in [-0.4, -0.2) is 13.0 Å². The van der Waals surface area contributed by atoms with Crippen LogP contribution in [0.25, 0.3) is 5.57 Å². The van der Waals surface area contributed by atoms with E-state index in [1.165, 1.54) is 12.1 Å². The maximum atomic E-state index is 10.8. The van der Waals surface area contributed by atoms with Gasteiger partial charge in [0.05, 0.1) is 4.90 Å². The van der Waals surface area contributed by atoms with Crippen molar-refractivity contribution in [3.8, 4) is 0 Å². The fourth-order valence-electron chi connectivity index (χ4n) is 1.40. The van der Waals surface area contributed by atoms with Crippen molar-refractivity contribution in [3.63, 3.8) is 0 Å². The van der Waals surface area contributed by atoms with Crippen LogP contribution in [0.15, 0.2) is 53.1 Å². The molecule has 1 radical (unpaired) electrons. The molecule has 1 aliphatic carbocycles. The topological polar surface area (TPSA) is 54.4 Å². The van der Waals surface area contributed by atoms with Crippen molar-refractivity contribution in [3.05, 3.63) is 60.2 Å². The maximum absolute atomic E-state index is 10.8. The highest BCUT2D eigenvalue weighted by atomic mass is 32.2. The largest absolute Gasteiger partial charge is 0.294 e. The molecule has 0 aromatic heterocycles. The van der Waals surface area contributed by atoms with Gasteiger partial charge in [0.2, 0.25) is 0 Å². The Morgan fingerprint density at radius 2 is 1.75 bits per heavy atom. The summed E-state index contributed by atoms with van der Waals surface area (Å²) in [6.45, 7) is 0. The molecule has 1 aliphatic rings. The molecule has 0 unspecified atom stereocenters. The van der Waals surface area contributed by atoms with Gasteiger partial charge in [0.1, 0.15) is 0 Å². The van der Waals surface area contributed by atoms with Crippen LogP contribution in [0.5, 0.6) is 0 Å². The van der Waals surface area contributed by atoms with Crippen molar-refractivity contribution in [1.82, 2.24) is 0 Å². The molecule has 3 nitrogen and oxygen atoms in total. The van der Waals surface area contributed by atoms with E-state index >= 15 is 0 Å². The Morgan fingerprint density at radius 1 is 1.06 bits per heavy atom. The first-order valence-electron chi connectivity index (χ1n) is 4.61. The Morgan fingerprint density at radius 3 is 2.25 bits per heavy atom. The number of allylic oxidation sites excluding steroid dienone is 3. The molecule has 0 heterocycles. The zero-order valence-electron chi connectivity index (χ0n) is 8.29. The minimum Gasteiger partial charge on any atom is -0.282 e. The predicted molar refractivity (Wildman–Crippen MR) is 61.2 cm³/mol. The smallest absolute Gasteiger partial charge is 0.282 e. The van der Waals surface area contributed by atoms with Gasteiger partial charge in [-0.15, -0.1) is 5.73 Å². The first-order chi connectivity index (χ1) is 7.57. The summed E-state index contributed by atoms with van der Waals surface area (Å²) in [5.41, 5.74) is 4.77. The molecule has 0 atom stereocenters. The predicted octanol–water partition coefficient (Wildman–Crippen LogP) is 2.25. The van der Waals surface area contributed by atoms with Crippen LogP contribution in [0.3, 0.4) is 0 Å². The molecule has 2 rings (SSSR count). The third-order valence-corrected chi connectivity index (χ3v) is 3.07. The van der Waals surface area contributed by atoms with Gasteiger partial charge in [-0.1, -0.05) is 18.2 Å². The molecule has 1 N–H and O–H groups in total. The van der Waals surface area contributed by atoms with Crippen molar-refractivity contribution in [1.29, 1.82) is 0 Å². The van der Waals surface area contributed by atoms with E-state index in [4.69, 9.17) is 4.55 Å². The zero-order valence-corrected chi connectivity index (χ0v) is 9.11. The molecule has 0 fully saturated rings. The fourth-order valence-corrected chi connectivity index (χ4v) is 1.88. The fraction of sp³-hybridized carbons (Fsp3) is 0. The molecular formula is C12H9O3S. The third-order valence-electron chi connectivity index (χ3n) is 2.20. The van der Waals surface area contributed by atoms with Gasteiger partial charge in [0, 0.05) is 6.42 Å². The van der Waals surface area contributed by atoms with Gasteiger partial charge in [-0.25, -0.2) is 0 Å². The Hall–Kier alpha value is -1.61. The highest BCUT2D eigenvalue weighted by Gasteiger charge is 2.09. The van der Waals surface area contributed by atoms with Gasteiger partial charge in [-0.2, -0.15) is 8.42 Å². The summed E-state index contributed by atoms with van der Waals surface area (Å²) in [5, 5.41) is 0. The second-order valence-electron chi connectivity index (χ2n) is 3.29. The van der Waals surface area contributed by atoms with Gasteiger partial charge in [0.25, 0.3) is 10.1 Å². The van der Waals surface area contributed by atoms with Crippen LogP contribution >= 0.6 is 0 Å². The molecule has 16 heavy (non-hydrogen) atoms. The lowest BCUT2D eigenvalue weighted by atomic mass is 10.0. The summed E-state index contributed by atoms with van der Waals surface area (Å²) in [6.07, 6.45) is 7.32. The lowest BCUT2D eigenvalue weighted by molar-refractivity contribution is 0.483. The second kappa shape index (κ2) is 4.10. The van der Waals surface area contributed by atoms with Crippen LogP contribution in [0.4, 0.5) is 0 Å². The van der Waals surface area contributed by atoms with E-state index < -0.39 is 10.1 Å². The van der Waals surface area contributed by atoms with Crippen LogP contribution < -0.4 is 0 Å². The molecular weight excluding hydrogens is 224 g/mol. The van der Waals surface area contributed by atoms with Crippen molar-refractivity contribution < 1.29 is 13.0 Å². The van der Waals surface area contributed by atoms with Crippen LogP contribution in [-0.2, 0) is 10.1 Å². The van der Waals surface area contributed by atoms with Gasteiger partial charge in [-0.05, 0) is 35.4 Å². The quantitative estimate of drug-likeness (QED) is 0.629. The molecule has 0 amide bonds. The SMILES string of the molecule is O=S(=O)(O)c1ccc(C2=CC=C=C[CH]2)cc1. The minimum absolute atomic E-state index is 0.0984. The molecule has 1 aromatic carbocycles. The summed E-state index contributed by atoms with van der Waals surface area (Å²) >= 11 is 0. The Labute approximate surface area is 94.2 Å². The van der Waals surface area contributed by atoms with Gasteiger partial charge >= 0.3 is 0 Å².